The van der Waals surface area contributed by atoms with Gasteiger partial charge in [-0.15, -0.1) is 0 Å². The molecule has 4 heteroatoms. The summed E-state index contributed by atoms with van der Waals surface area (Å²) < 4.78 is 0. The van der Waals surface area contributed by atoms with Gasteiger partial charge in [0.1, 0.15) is 0 Å². The second-order valence-electron chi connectivity index (χ2n) is 4.39. The van der Waals surface area contributed by atoms with E-state index >= 15 is 0 Å². The maximum Gasteiger partial charge on any atom is 0.188 e. The molecule has 0 aromatic carbocycles. The number of nitrogens with one attached hydrogen (secondary N) is 1. The summed E-state index contributed by atoms with van der Waals surface area (Å²) in [7, 11) is 0. The van der Waals surface area contributed by atoms with Crippen LogP contribution in [0.3, 0.4) is 0 Å². The molecule has 1 unspecified atom stereocenters. The smallest absolute Gasteiger partial charge is 0.188 e. The zero-order valence-electron chi connectivity index (χ0n) is 9.99. The van der Waals surface area contributed by atoms with Crippen molar-refractivity contribution in [1.29, 1.82) is 0 Å². The SMILES string of the molecule is Cc1cc(C)nc(SCC2CCCCN2)n1. The molecule has 0 saturated carbocycles. The van der Waals surface area contributed by atoms with Crippen LogP contribution in [-0.2, 0) is 0 Å². The molecule has 16 heavy (non-hydrogen) atoms. The van der Waals surface area contributed by atoms with Crippen molar-refractivity contribution in [2.45, 2.75) is 44.3 Å². The summed E-state index contributed by atoms with van der Waals surface area (Å²) in [4.78, 5) is 8.88. The Hall–Kier alpha value is -0.610. The zero-order chi connectivity index (χ0) is 11.4. The van der Waals surface area contributed by atoms with Crippen LogP contribution in [0.15, 0.2) is 11.2 Å². The van der Waals surface area contributed by atoms with Gasteiger partial charge in [0.25, 0.3) is 0 Å². The third-order valence-corrected chi connectivity index (χ3v) is 3.80. The summed E-state index contributed by atoms with van der Waals surface area (Å²) in [6, 6.07) is 2.66. The highest BCUT2D eigenvalue weighted by Crippen LogP contribution is 2.18. The summed E-state index contributed by atoms with van der Waals surface area (Å²) in [6.07, 6.45) is 3.96. The molecular weight excluding hydrogens is 218 g/mol. The van der Waals surface area contributed by atoms with Gasteiger partial charge in [0.15, 0.2) is 5.16 Å². The van der Waals surface area contributed by atoms with Crippen molar-refractivity contribution >= 4 is 11.8 Å². The summed E-state index contributed by atoms with van der Waals surface area (Å²) in [5.41, 5.74) is 2.12. The Morgan fingerprint density at radius 3 is 2.69 bits per heavy atom. The molecule has 0 radical (unpaired) electrons. The van der Waals surface area contributed by atoms with Gasteiger partial charge in [-0.2, -0.15) is 0 Å². The lowest BCUT2D eigenvalue weighted by molar-refractivity contribution is 0.429. The molecule has 1 aromatic rings. The fourth-order valence-electron chi connectivity index (χ4n) is 2.00. The van der Waals surface area contributed by atoms with Crippen molar-refractivity contribution < 1.29 is 0 Å². The van der Waals surface area contributed by atoms with Crippen molar-refractivity contribution in [3.8, 4) is 0 Å². The minimum absolute atomic E-state index is 0.642. The van der Waals surface area contributed by atoms with Gasteiger partial charge in [-0.05, 0) is 39.3 Å². The fourth-order valence-corrected chi connectivity index (χ4v) is 3.05. The molecule has 0 aliphatic carbocycles. The van der Waals surface area contributed by atoms with Crippen LogP contribution in [-0.4, -0.2) is 28.3 Å². The summed E-state index contributed by atoms with van der Waals surface area (Å²) in [5, 5.41) is 4.46. The minimum Gasteiger partial charge on any atom is -0.313 e. The van der Waals surface area contributed by atoms with Gasteiger partial charge in [-0.25, -0.2) is 9.97 Å². The molecule has 1 saturated heterocycles. The van der Waals surface area contributed by atoms with Crippen LogP contribution in [0, 0.1) is 13.8 Å². The molecule has 3 nitrogen and oxygen atoms in total. The number of hydrogen-bond donors (Lipinski definition) is 1. The van der Waals surface area contributed by atoms with E-state index in [9.17, 15) is 0 Å². The molecule has 2 heterocycles. The topological polar surface area (TPSA) is 37.8 Å². The number of thioether (sulfide) groups is 1. The maximum atomic E-state index is 4.44. The standard InChI is InChI=1S/C12H19N3S/c1-9-7-10(2)15-12(14-9)16-8-11-5-3-4-6-13-11/h7,11,13H,3-6,8H2,1-2H3. The Balaban J connectivity index is 1.88. The van der Waals surface area contributed by atoms with E-state index < -0.39 is 0 Å². The van der Waals surface area contributed by atoms with Crippen LogP contribution in [0.4, 0.5) is 0 Å². The average molecular weight is 237 g/mol. The van der Waals surface area contributed by atoms with Gasteiger partial charge < -0.3 is 5.32 Å². The Morgan fingerprint density at radius 2 is 2.06 bits per heavy atom. The summed E-state index contributed by atoms with van der Waals surface area (Å²) in [6.45, 7) is 5.22. The average Bonchev–Trinajstić information content (AvgIpc) is 2.27. The fraction of sp³-hybridized carbons (Fsp3) is 0.667. The predicted octanol–water partition coefficient (Wildman–Crippen LogP) is 2.33. The normalized spacial score (nSPS) is 21.0. The lowest BCUT2D eigenvalue weighted by Gasteiger charge is -2.22. The molecule has 1 fully saturated rings. The molecule has 2 rings (SSSR count). The highest BCUT2D eigenvalue weighted by molar-refractivity contribution is 7.99. The van der Waals surface area contributed by atoms with Gasteiger partial charge in [-0.1, -0.05) is 18.2 Å². The van der Waals surface area contributed by atoms with E-state index in [1.54, 1.807) is 11.8 Å². The van der Waals surface area contributed by atoms with Crippen LogP contribution in [0.5, 0.6) is 0 Å². The van der Waals surface area contributed by atoms with E-state index in [4.69, 9.17) is 0 Å². The van der Waals surface area contributed by atoms with Crippen molar-refractivity contribution in [2.75, 3.05) is 12.3 Å². The minimum atomic E-state index is 0.642. The maximum absolute atomic E-state index is 4.44. The number of nitrogens with zero attached hydrogens (tertiary/aromatic N) is 2. The molecule has 1 aromatic heterocycles. The summed E-state index contributed by atoms with van der Waals surface area (Å²) >= 11 is 1.77. The molecule has 1 atom stereocenters. The molecule has 1 N–H and O–H groups in total. The van der Waals surface area contributed by atoms with Crippen LogP contribution in [0.1, 0.15) is 30.7 Å². The third-order valence-electron chi connectivity index (χ3n) is 2.79. The van der Waals surface area contributed by atoms with Crippen molar-refractivity contribution in [1.82, 2.24) is 15.3 Å². The van der Waals surface area contributed by atoms with Gasteiger partial charge in [0.05, 0.1) is 0 Å². The van der Waals surface area contributed by atoms with Crippen molar-refractivity contribution in [2.24, 2.45) is 0 Å². The Labute approximate surface area is 101 Å². The van der Waals surface area contributed by atoms with Gasteiger partial charge >= 0.3 is 0 Å². The van der Waals surface area contributed by atoms with E-state index in [2.05, 4.69) is 15.3 Å². The number of aromatic nitrogens is 2. The Kier molecular flexibility index (Phi) is 4.18. The zero-order valence-corrected chi connectivity index (χ0v) is 10.8. The van der Waals surface area contributed by atoms with E-state index in [1.165, 1.54) is 25.8 Å². The molecule has 0 spiro atoms. The predicted molar refractivity (Wildman–Crippen MR) is 67.9 cm³/mol. The van der Waals surface area contributed by atoms with Crippen LogP contribution in [0.25, 0.3) is 0 Å². The monoisotopic (exact) mass is 237 g/mol. The molecule has 88 valence electrons. The number of hydrogen-bond acceptors (Lipinski definition) is 4. The van der Waals surface area contributed by atoms with Gasteiger partial charge in [-0.3, -0.25) is 0 Å². The first-order chi connectivity index (χ1) is 7.74. The van der Waals surface area contributed by atoms with E-state index in [1.807, 2.05) is 19.9 Å². The highest BCUT2D eigenvalue weighted by atomic mass is 32.2. The first-order valence-electron chi connectivity index (χ1n) is 5.92. The molecule has 1 aliphatic heterocycles. The van der Waals surface area contributed by atoms with Crippen LogP contribution >= 0.6 is 11.8 Å². The number of rotatable bonds is 3. The number of piperidine rings is 1. The lowest BCUT2D eigenvalue weighted by Crippen LogP contribution is -2.35. The molecular formula is C12H19N3S. The van der Waals surface area contributed by atoms with Crippen molar-refractivity contribution in [3.05, 3.63) is 17.5 Å². The second-order valence-corrected chi connectivity index (χ2v) is 5.38. The Bertz CT molecular complexity index is 328. The highest BCUT2D eigenvalue weighted by Gasteiger charge is 2.13. The second kappa shape index (κ2) is 5.64. The van der Waals surface area contributed by atoms with E-state index in [0.29, 0.717) is 6.04 Å². The van der Waals surface area contributed by atoms with Gasteiger partial charge in [0.2, 0.25) is 0 Å². The van der Waals surface area contributed by atoms with Gasteiger partial charge in [0, 0.05) is 23.2 Å². The largest absolute Gasteiger partial charge is 0.313 e. The van der Waals surface area contributed by atoms with Crippen molar-refractivity contribution in [3.63, 3.8) is 0 Å². The summed E-state index contributed by atoms with van der Waals surface area (Å²) in [5.74, 6) is 1.09. The lowest BCUT2D eigenvalue weighted by atomic mass is 10.1. The molecule has 0 bridgehead atoms. The Morgan fingerprint density at radius 1 is 1.31 bits per heavy atom. The quantitative estimate of drug-likeness (QED) is 0.647. The van der Waals surface area contributed by atoms with E-state index in [0.717, 1.165) is 22.3 Å². The first-order valence-corrected chi connectivity index (χ1v) is 6.91. The first kappa shape index (κ1) is 11.9. The van der Waals surface area contributed by atoms with Crippen LogP contribution < -0.4 is 5.32 Å². The molecule has 1 aliphatic rings. The van der Waals surface area contributed by atoms with Crippen LogP contribution in [0.2, 0.25) is 0 Å². The molecule has 0 amide bonds. The number of aryl methyl sites for hydroxylation is 2. The van der Waals surface area contributed by atoms with E-state index in [-0.39, 0.29) is 0 Å². The third kappa shape index (κ3) is 3.46.